The van der Waals surface area contributed by atoms with Crippen LogP contribution >= 0.6 is 24.8 Å². The van der Waals surface area contributed by atoms with E-state index < -0.39 is 0 Å². The number of nitrogens with one attached hydrogen (secondary N) is 2. The molecule has 2 aliphatic heterocycles. The number of halogens is 2. The number of carbonyl (C=O) groups excluding carboxylic acids is 1. The van der Waals surface area contributed by atoms with Crippen LogP contribution in [0, 0.1) is 12.8 Å². The number of hydrogen-bond donors (Lipinski definition) is 2. The van der Waals surface area contributed by atoms with E-state index in [0.717, 1.165) is 50.6 Å². The molecule has 168 valence electrons. The quantitative estimate of drug-likeness (QED) is 0.699. The Morgan fingerprint density at radius 3 is 2.59 bits per heavy atom. The van der Waals surface area contributed by atoms with E-state index in [2.05, 4.69) is 46.6 Å². The molecule has 7 nitrogen and oxygen atoms in total. The zero-order valence-corrected chi connectivity index (χ0v) is 19.9. The Kier molecular flexibility index (Phi) is 10.4. The first-order valence-electron chi connectivity index (χ1n) is 10.6. The largest absolute Gasteiger partial charge is 0.349 e. The molecule has 29 heavy (non-hydrogen) atoms. The van der Waals surface area contributed by atoms with Crippen LogP contribution in [-0.2, 0) is 0 Å². The highest BCUT2D eigenvalue weighted by molar-refractivity contribution is 5.93. The third-order valence-corrected chi connectivity index (χ3v) is 6.43. The predicted octanol–water partition coefficient (Wildman–Crippen LogP) is 2.99. The zero-order valence-electron chi connectivity index (χ0n) is 18.2. The van der Waals surface area contributed by atoms with Gasteiger partial charge in [-0.2, -0.15) is 0 Å². The number of amides is 1. The van der Waals surface area contributed by atoms with E-state index in [0.29, 0.717) is 18.3 Å². The second kappa shape index (κ2) is 11.5. The molecule has 0 bridgehead atoms. The number of likely N-dealkylation sites (tertiary alicyclic amines) is 1. The molecule has 1 aromatic heterocycles. The van der Waals surface area contributed by atoms with E-state index >= 15 is 0 Å². The molecule has 0 aromatic carbocycles. The molecule has 2 saturated heterocycles. The summed E-state index contributed by atoms with van der Waals surface area (Å²) in [6.07, 6.45) is 5.88. The summed E-state index contributed by atoms with van der Waals surface area (Å²) in [5, 5.41) is 15.0. The molecule has 2 aliphatic rings. The van der Waals surface area contributed by atoms with Gasteiger partial charge < -0.3 is 10.6 Å². The molecule has 3 rings (SSSR count). The maximum absolute atomic E-state index is 12.8. The first-order chi connectivity index (χ1) is 12.9. The molecule has 1 unspecified atom stereocenters. The summed E-state index contributed by atoms with van der Waals surface area (Å²) in [6, 6.07) is 0.344. The topological polar surface area (TPSA) is 75.1 Å². The Balaban J connectivity index is 0.00000210. The van der Waals surface area contributed by atoms with Gasteiger partial charge in [0.05, 0.1) is 11.7 Å². The van der Waals surface area contributed by atoms with Crippen LogP contribution in [0.1, 0.15) is 75.1 Å². The van der Waals surface area contributed by atoms with E-state index in [4.69, 9.17) is 0 Å². The second-order valence-corrected chi connectivity index (χ2v) is 8.81. The first kappa shape index (κ1) is 26.1. The number of carbonyl (C=O) groups is 1. The monoisotopic (exact) mass is 448 g/mol. The van der Waals surface area contributed by atoms with Crippen molar-refractivity contribution in [3.63, 3.8) is 0 Å². The van der Waals surface area contributed by atoms with E-state index in [1.807, 2.05) is 11.6 Å². The second-order valence-electron chi connectivity index (χ2n) is 8.81. The van der Waals surface area contributed by atoms with Crippen LogP contribution in [0.4, 0.5) is 0 Å². The minimum atomic E-state index is -0.107. The van der Waals surface area contributed by atoms with Gasteiger partial charge in [-0.05, 0) is 72.0 Å². The van der Waals surface area contributed by atoms with Crippen molar-refractivity contribution in [2.24, 2.45) is 5.92 Å². The molecular weight excluding hydrogens is 411 g/mol. The summed E-state index contributed by atoms with van der Waals surface area (Å²) in [7, 11) is 0. The maximum Gasteiger partial charge on any atom is 0.273 e. The number of aromatic nitrogens is 3. The lowest BCUT2D eigenvalue weighted by Gasteiger charge is -2.43. The molecule has 2 fully saturated rings. The number of piperidine rings is 2. The van der Waals surface area contributed by atoms with Crippen LogP contribution in [0.15, 0.2) is 0 Å². The summed E-state index contributed by atoms with van der Waals surface area (Å²) >= 11 is 0. The lowest BCUT2D eigenvalue weighted by molar-refractivity contribution is 0.0610. The van der Waals surface area contributed by atoms with Gasteiger partial charge in [0.2, 0.25) is 0 Å². The normalized spacial score (nSPS) is 21.2. The van der Waals surface area contributed by atoms with Crippen molar-refractivity contribution in [1.29, 1.82) is 0 Å². The van der Waals surface area contributed by atoms with Crippen molar-refractivity contribution >= 4 is 30.7 Å². The summed E-state index contributed by atoms with van der Waals surface area (Å²) in [5.74, 6) is 0.672. The van der Waals surface area contributed by atoms with Crippen molar-refractivity contribution < 1.29 is 4.79 Å². The SMILES string of the molecule is CCC1CCCN(C(C)(C)CNC(=O)c2nnn(C3CCNCC3)c2C)C1.Cl.Cl. The minimum Gasteiger partial charge on any atom is -0.349 e. The van der Waals surface area contributed by atoms with Crippen molar-refractivity contribution in [2.75, 3.05) is 32.7 Å². The van der Waals surface area contributed by atoms with Crippen LogP contribution in [0.5, 0.6) is 0 Å². The van der Waals surface area contributed by atoms with Gasteiger partial charge >= 0.3 is 0 Å². The van der Waals surface area contributed by atoms with Crippen molar-refractivity contribution in [3.05, 3.63) is 11.4 Å². The molecule has 1 aromatic rings. The van der Waals surface area contributed by atoms with E-state index in [1.165, 1.54) is 19.3 Å². The number of rotatable bonds is 6. The highest BCUT2D eigenvalue weighted by atomic mass is 35.5. The van der Waals surface area contributed by atoms with Gasteiger partial charge in [-0.1, -0.05) is 18.6 Å². The molecule has 0 spiro atoms. The summed E-state index contributed by atoms with van der Waals surface area (Å²) < 4.78 is 1.94. The van der Waals surface area contributed by atoms with E-state index in [1.54, 1.807) is 0 Å². The fourth-order valence-corrected chi connectivity index (χ4v) is 4.39. The number of nitrogens with zero attached hydrogens (tertiary/aromatic N) is 4. The summed E-state index contributed by atoms with van der Waals surface area (Å²) in [6.45, 7) is 13.5. The molecule has 9 heteroatoms. The summed E-state index contributed by atoms with van der Waals surface area (Å²) in [4.78, 5) is 15.3. The lowest BCUT2D eigenvalue weighted by atomic mass is 9.91. The van der Waals surface area contributed by atoms with E-state index in [9.17, 15) is 4.79 Å². The Morgan fingerprint density at radius 2 is 1.93 bits per heavy atom. The zero-order chi connectivity index (χ0) is 19.4. The molecule has 3 heterocycles. The average Bonchev–Trinajstić information content (AvgIpc) is 3.08. The number of hydrogen-bond acceptors (Lipinski definition) is 5. The van der Waals surface area contributed by atoms with Gasteiger partial charge in [0, 0.05) is 18.6 Å². The van der Waals surface area contributed by atoms with Gasteiger partial charge in [0.25, 0.3) is 5.91 Å². The third-order valence-electron chi connectivity index (χ3n) is 6.43. The van der Waals surface area contributed by atoms with Crippen LogP contribution in [-0.4, -0.2) is 64.1 Å². The fourth-order valence-electron chi connectivity index (χ4n) is 4.39. The Hall–Kier alpha value is -0.890. The fraction of sp³-hybridized carbons (Fsp3) is 0.850. The van der Waals surface area contributed by atoms with Gasteiger partial charge in [0.15, 0.2) is 5.69 Å². The highest BCUT2D eigenvalue weighted by Gasteiger charge is 2.32. The first-order valence-corrected chi connectivity index (χ1v) is 10.6. The van der Waals surface area contributed by atoms with Crippen LogP contribution < -0.4 is 10.6 Å². The van der Waals surface area contributed by atoms with Crippen molar-refractivity contribution in [2.45, 2.75) is 71.4 Å². The van der Waals surface area contributed by atoms with Crippen molar-refractivity contribution in [1.82, 2.24) is 30.5 Å². The molecule has 1 amide bonds. The van der Waals surface area contributed by atoms with Gasteiger partial charge in [-0.15, -0.1) is 29.9 Å². The minimum absolute atomic E-state index is 0. The molecule has 0 radical (unpaired) electrons. The van der Waals surface area contributed by atoms with Crippen LogP contribution in [0.2, 0.25) is 0 Å². The Morgan fingerprint density at radius 1 is 1.24 bits per heavy atom. The summed E-state index contributed by atoms with van der Waals surface area (Å²) in [5.41, 5.74) is 1.29. The molecule has 2 N–H and O–H groups in total. The van der Waals surface area contributed by atoms with Gasteiger partial charge in [-0.25, -0.2) is 4.68 Å². The average molecular weight is 449 g/mol. The van der Waals surface area contributed by atoms with Crippen LogP contribution in [0.25, 0.3) is 0 Å². The van der Waals surface area contributed by atoms with Crippen molar-refractivity contribution in [3.8, 4) is 0 Å². The van der Waals surface area contributed by atoms with Gasteiger partial charge in [-0.3, -0.25) is 9.69 Å². The molecule has 1 atom stereocenters. The van der Waals surface area contributed by atoms with E-state index in [-0.39, 0.29) is 36.3 Å². The molecule has 0 saturated carbocycles. The highest BCUT2D eigenvalue weighted by Crippen LogP contribution is 2.25. The smallest absolute Gasteiger partial charge is 0.273 e. The third kappa shape index (κ3) is 6.29. The lowest BCUT2D eigenvalue weighted by Crippen LogP contribution is -2.54. The molecular formula is C20H38Cl2N6O. The Labute approximate surface area is 187 Å². The Bertz CT molecular complexity index is 645. The van der Waals surface area contributed by atoms with Gasteiger partial charge in [0.1, 0.15) is 0 Å². The maximum atomic E-state index is 12.8. The van der Waals surface area contributed by atoms with Crippen LogP contribution in [0.3, 0.4) is 0 Å². The predicted molar refractivity (Wildman–Crippen MR) is 121 cm³/mol. The molecule has 0 aliphatic carbocycles. The standard InChI is InChI=1S/C20H36N6O.2ClH/c1-5-16-7-6-12-25(13-16)20(3,4)14-22-19(27)18-15(2)26(24-23-18)17-8-10-21-11-9-17;;/h16-17,21H,5-14H2,1-4H3,(H,22,27);2*1H.